The summed E-state index contributed by atoms with van der Waals surface area (Å²) in [6.07, 6.45) is 0. The summed E-state index contributed by atoms with van der Waals surface area (Å²) in [5, 5.41) is 0. The summed E-state index contributed by atoms with van der Waals surface area (Å²) in [7, 11) is -3.45. The molecule has 7 heteroatoms. The fourth-order valence-electron chi connectivity index (χ4n) is 1.60. The topological polar surface area (TPSA) is 81.4 Å². The van der Waals surface area contributed by atoms with Crippen molar-refractivity contribution in [2.75, 3.05) is 17.1 Å². The second-order valence-electron chi connectivity index (χ2n) is 5.67. The lowest BCUT2D eigenvalue weighted by Gasteiger charge is -2.19. The molecule has 1 aromatic rings. The first-order valence-electron chi connectivity index (χ1n) is 6.10. The highest BCUT2D eigenvalue weighted by Gasteiger charge is 2.22. The lowest BCUT2D eigenvalue weighted by molar-refractivity contribution is 0.379. The number of anilines is 1. The van der Waals surface area contributed by atoms with Gasteiger partial charge in [0.25, 0.3) is 0 Å². The van der Waals surface area contributed by atoms with E-state index >= 15 is 0 Å². The molecule has 112 valence electrons. The van der Waals surface area contributed by atoms with Gasteiger partial charge < -0.3 is 10.5 Å². The standard InChI is InChI=1S/C13H20N2O3S2/c1-13(2,3)9-20(16,17)15-10-6-4-5-7-11(10)18-8-12(14)19/h4-7,15H,8-9H2,1-3H3,(H2,14,19). The fraction of sp³-hybridized carbons (Fsp3) is 0.462. The molecular weight excluding hydrogens is 296 g/mol. The largest absolute Gasteiger partial charge is 0.484 e. The molecule has 0 atom stereocenters. The molecule has 0 aliphatic carbocycles. The molecule has 0 heterocycles. The minimum atomic E-state index is -3.45. The summed E-state index contributed by atoms with van der Waals surface area (Å²) < 4.78 is 32.1. The Hall–Kier alpha value is -1.34. The first-order valence-corrected chi connectivity index (χ1v) is 8.16. The second-order valence-corrected chi connectivity index (χ2v) is 7.92. The van der Waals surface area contributed by atoms with Crippen molar-refractivity contribution in [3.8, 4) is 5.75 Å². The normalized spacial score (nSPS) is 11.9. The Balaban J connectivity index is 2.89. The van der Waals surface area contributed by atoms with Crippen LogP contribution < -0.4 is 15.2 Å². The van der Waals surface area contributed by atoms with Gasteiger partial charge in [-0.15, -0.1) is 0 Å². The van der Waals surface area contributed by atoms with E-state index in [0.29, 0.717) is 11.4 Å². The van der Waals surface area contributed by atoms with Crippen molar-refractivity contribution in [3.05, 3.63) is 24.3 Å². The maximum Gasteiger partial charge on any atom is 0.233 e. The van der Waals surface area contributed by atoms with Crippen molar-refractivity contribution in [2.24, 2.45) is 11.1 Å². The molecule has 1 rings (SSSR count). The number of nitrogens with two attached hydrogens (primary N) is 1. The minimum Gasteiger partial charge on any atom is -0.484 e. The number of nitrogens with one attached hydrogen (secondary N) is 1. The third kappa shape index (κ3) is 6.21. The number of ether oxygens (including phenoxy) is 1. The summed E-state index contributed by atoms with van der Waals surface area (Å²) in [5.41, 5.74) is 5.42. The summed E-state index contributed by atoms with van der Waals surface area (Å²) in [5.74, 6) is 0.418. The van der Waals surface area contributed by atoms with E-state index in [-0.39, 0.29) is 22.8 Å². The van der Waals surface area contributed by atoms with Gasteiger partial charge in [0.05, 0.1) is 11.4 Å². The Morgan fingerprint density at radius 1 is 1.35 bits per heavy atom. The fourth-order valence-corrected chi connectivity index (χ4v) is 3.37. The van der Waals surface area contributed by atoms with E-state index in [1.54, 1.807) is 24.3 Å². The van der Waals surface area contributed by atoms with Crippen molar-refractivity contribution in [1.82, 2.24) is 0 Å². The van der Waals surface area contributed by atoms with Crippen LogP contribution in [0.5, 0.6) is 5.75 Å². The molecule has 0 spiro atoms. The number of hydrogen-bond donors (Lipinski definition) is 2. The van der Waals surface area contributed by atoms with Crippen LogP contribution in [0, 0.1) is 5.41 Å². The van der Waals surface area contributed by atoms with Gasteiger partial charge in [-0.2, -0.15) is 0 Å². The molecule has 20 heavy (non-hydrogen) atoms. The number of thiocarbonyl (C=S) groups is 1. The first kappa shape index (κ1) is 16.7. The van der Waals surface area contributed by atoms with Gasteiger partial charge in [0, 0.05) is 0 Å². The predicted octanol–water partition coefficient (Wildman–Crippen LogP) is 2.14. The third-order valence-corrected chi connectivity index (χ3v) is 4.04. The van der Waals surface area contributed by atoms with Gasteiger partial charge in [0.2, 0.25) is 10.0 Å². The molecule has 0 amide bonds. The van der Waals surface area contributed by atoms with Crippen LogP contribution in [-0.2, 0) is 10.0 Å². The highest BCUT2D eigenvalue weighted by Crippen LogP contribution is 2.26. The Morgan fingerprint density at radius 3 is 2.50 bits per heavy atom. The van der Waals surface area contributed by atoms with Crippen molar-refractivity contribution in [1.29, 1.82) is 0 Å². The van der Waals surface area contributed by atoms with E-state index in [4.69, 9.17) is 22.7 Å². The van der Waals surface area contributed by atoms with Crippen LogP contribution in [0.1, 0.15) is 20.8 Å². The van der Waals surface area contributed by atoms with E-state index < -0.39 is 10.0 Å². The number of hydrogen-bond acceptors (Lipinski definition) is 4. The summed E-state index contributed by atoms with van der Waals surface area (Å²) in [4.78, 5) is 0.206. The van der Waals surface area contributed by atoms with Crippen LogP contribution in [0.15, 0.2) is 24.3 Å². The third-order valence-electron chi connectivity index (χ3n) is 2.15. The molecule has 0 aliphatic rings. The Bertz CT molecular complexity index is 578. The minimum absolute atomic E-state index is 0.0175. The predicted molar refractivity (Wildman–Crippen MR) is 85.6 cm³/mol. The summed E-state index contributed by atoms with van der Waals surface area (Å²) in [6, 6.07) is 6.77. The van der Waals surface area contributed by atoms with Gasteiger partial charge >= 0.3 is 0 Å². The average molecular weight is 316 g/mol. The molecule has 0 bridgehead atoms. The van der Waals surface area contributed by atoms with Gasteiger partial charge in [0.15, 0.2) is 0 Å². The zero-order chi connectivity index (χ0) is 15.4. The number of para-hydroxylation sites is 2. The zero-order valence-corrected chi connectivity index (χ0v) is 13.5. The van der Waals surface area contributed by atoms with Crippen LogP contribution in [0.3, 0.4) is 0 Å². The van der Waals surface area contributed by atoms with Crippen LogP contribution in [0.2, 0.25) is 0 Å². The molecule has 0 aliphatic heterocycles. The molecule has 3 N–H and O–H groups in total. The van der Waals surface area contributed by atoms with Crippen LogP contribution in [0.4, 0.5) is 5.69 Å². The summed E-state index contributed by atoms with van der Waals surface area (Å²) in [6.45, 7) is 5.65. The monoisotopic (exact) mass is 316 g/mol. The van der Waals surface area contributed by atoms with E-state index in [1.807, 2.05) is 20.8 Å². The Morgan fingerprint density at radius 2 is 1.95 bits per heavy atom. The van der Waals surface area contributed by atoms with Crippen LogP contribution in [-0.4, -0.2) is 25.8 Å². The maximum atomic E-state index is 12.1. The highest BCUT2D eigenvalue weighted by molar-refractivity contribution is 7.92. The first-order chi connectivity index (χ1) is 9.09. The van der Waals surface area contributed by atoms with E-state index in [2.05, 4.69) is 4.72 Å². The molecule has 0 radical (unpaired) electrons. The SMILES string of the molecule is CC(C)(C)CS(=O)(=O)Nc1ccccc1OCC(N)=S. The highest BCUT2D eigenvalue weighted by atomic mass is 32.2. The number of rotatable bonds is 6. The Kier molecular flexibility index (Phi) is 5.35. The van der Waals surface area contributed by atoms with Crippen LogP contribution >= 0.6 is 12.2 Å². The van der Waals surface area contributed by atoms with Crippen molar-refractivity contribution >= 4 is 32.9 Å². The maximum absolute atomic E-state index is 12.1. The van der Waals surface area contributed by atoms with Crippen molar-refractivity contribution in [2.45, 2.75) is 20.8 Å². The van der Waals surface area contributed by atoms with Crippen LogP contribution in [0.25, 0.3) is 0 Å². The molecule has 0 saturated heterocycles. The number of sulfonamides is 1. The smallest absolute Gasteiger partial charge is 0.233 e. The van der Waals surface area contributed by atoms with E-state index in [9.17, 15) is 8.42 Å². The van der Waals surface area contributed by atoms with Gasteiger partial charge in [-0.3, -0.25) is 4.72 Å². The van der Waals surface area contributed by atoms with Crippen molar-refractivity contribution in [3.63, 3.8) is 0 Å². The molecule has 0 saturated carbocycles. The number of benzene rings is 1. The second kappa shape index (κ2) is 6.41. The lowest BCUT2D eigenvalue weighted by atomic mass is 10.0. The average Bonchev–Trinajstić information content (AvgIpc) is 2.23. The van der Waals surface area contributed by atoms with Gasteiger partial charge in [0.1, 0.15) is 17.3 Å². The van der Waals surface area contributed by atoms with Gasteiger partial charge in [-0.05, 0) is 17.5 Å². The molecule has 0 fully saturated rings. The lowest BCUT2D eigenvalue weighted by Crippen LogP contribution is -2.26. The zero-order valence-electron chi connectivity index (χ0n) is 11.8. The summed E-state index contributed by atoms with van der Waals surface area (Å²) >= 11 is 4.73. The van der Waals surface area contributed by atoms with E-state index in [0.717, 1.165) is 0 Å². The van der Waals surface area contributed by atoms with Crippen molar-refractivity contribution < 1.29 is 13.2 Å². The molecule has 1 aromatic carbocycles. The molecule has 0 aromatic heterocycles. The quantitative estimate of drug-likeness (QED) is 0.786. The Labute approximate surface area is 125 Å². The van der Waals surface area contributed by atoms with Gasteiger partial charge in [-0.1, -0.05) is 45.1 Å². The molecule has 0 unspecified atom stereocenters. The molecular formula is C13H20N2O3S2. The molecule has 5 nitrogen and oxygen atoms in total. The van der Waals surface area contributed by atoms with E-state index in [1.165, 1.54) is 0 Å². The van der Waals surface area contributed by atoms with Gasteiger partial charge in [-0.25, -0.2) is 8.42 Å².